The quantitative estimate of drug-likeness (QED) is 0.286. The molecule has 0 saturated carbocycles. The lowest BCUT2D eigenvalue weighted by Gasteiger charge is -2.40. The van der Waals surface area contributed by atoms with Crippen LogP contribution in [0.3, 0.4) is 0 Å². The molecule has 0 bridgehead atoms. The van der Waals surface area contributed by atoms with Crippen LogP contribution in [0.5, 0.6) is 11.5 Å². The molecule has 2 saturated heterocycles. The lowest BCUT2D eigenvalue weighted by molar-refractivity contribution is 0.0115. The summed E-state index contributed by atoms with van der Waals surface area (Å²) >= 11 is 0. The molecule has 13 heteroatoms. The lowest BCUT2D eigenvalue weighted by atomic mass is 10.0. The van der Waals surface area contributed by atoms with Crippen LogP contribution < -0.4 is 19.7 Å². The van der Waals surface area contributed by atoms with Crippen LogP contribution >= 0.6 is 0 Å². The number of ether oxygens (including phenoxy) is 3. The highest BCUT2D eigenvalue weighted by Gasteiger charge is 2.26. The maximum absolute atomic E-state index is 9.60. The molecular weight excluding hydrogens is 560 g/mol. The van der Waals surface area contributed by atoms with Gasteiger partial charge in [0.1, 0.15) is 23.7 Å². The molecule has 6 rings (SSSR count). The minimum absolute atomic E-state index is 0.280. The maximum atomic E-state index is 9.60. The third-order valence-electron chi connectivity index (χ3n) is 8.05. The molecule has 2 fully saturated rings. The standard InChI is InChI=1S/C31H36N10O3/c1-22(20-41-36-21-35-38-41)44-29-15-23(3-4-24(29)17-32)25-18-33-31(34-19-25)37-28-6-5-27(16-30(28)42-2)39-9-7-26(8-10-39)40-11-13-43-14-12-40/h3-6,15-16,18-19,21-22,26H,7-14,20H2,1-2H3,(H,33,34,37). The SMILES string of the molecule is COc1cc(N2CCC(N3CCOCC3)CC2)ccc1Nc1ncc(-c2ccc(C#N)c(OC(C)Cn3ncnn3)c2)cn1. The average molecular weight is 597 g/mol. The fourth-order valence-corrected chi connectivity index (χ4v) is 5.72. The van der Waals surface area contributed by atoms with Crippen molar-refractivity contribution in [2.75, 3.05) is 56.7 Å². The Bertz CT molecular complexity index is 1560. The van der Waals surface area contributed by atoms with Crippen molar-refractivity contribution in [2.45, 2.75) is 38.5 Å². The maximum Gasteiger partial charge on any atom is 0.227 e. The molecule has 2 aromatic carbocycles. The van der Waals surface area contributed by atoms with Gasteiger partial charge in [-0.15, -0.1) is 10.2 Å². The first-order valence-electron chi connectivity index (χ1n) is 14.9. The zero-order valence-corrected chi connectivity index (χ0v) is 25.0. The molecule has 0 amide bonds. The van der Waals surface area contributed by atoms with Crippen molar-refractivity contribution in [3.8, 4) is 28.7 Å². The van der Waals surface area contributed by atoms with Crippen molar-refractivity contribution in [2.24, 2.45) is 0 Å². The van der Waals surface area contributed by atoms with E-state index in [1.165, 1.54) is 11.1 Å². The summed E-state index contributed by atoms with van der Waals surface area (Å²) in [5, 5.41) is 24.5. The molecule has 1 atom stereocenters. The number of morpholine rings is 1. The Labute approximate surface area is 256 Å². The number of methoxy groups -OCH3 is 1. The van der Waals surface area contributed by atoms with E-state index in [1.54, 1.807) is 25.6 Å². The topological polar surface area (TPSA) is 139 Å². The van der Waals surface area contributed by atoms with Gasteiger partial charge in [0.25, 0.3) is 0 Å². The van der Waals surface area contributed by atoms with E-state index in [2.05, 4.69) is 58.7 Å². The van der Waals surface area contributed by atoms with Gasteiger partial charge in [0.15, 0.2) is 6.33 Å². The molecule has 0 radical (unpaired) electrons. The Morgan fingerprint density at radius 3 is 2.52 bits per heavy atom. The van der Waals surface area contributed by atoms with Crippen LogP contribution in [0, 0.1) is 11.3 Å². The molecule has 1 N–H and O–H groups in total. The van der Waals surface area contributed by atoms with Crippen LogP contribution in [-0.2, 0) is 11.3 Å². The number of aromatic nitrogens is 6. The Kier molecular flexibility index (Phi) is 9.09. The smallest absolute Gasteiger partial charge is 0.227 e. The van der Waals surface area contributed by atoms with Crippen molar-refractivity contribution < 1.29 is 14.2 Å². The van der Waals surface area contributed by atoms with Gasteiger partial charge >= 0.3 is 0 Å². The van der Waals surface area contributed by atoms with Crippen LogP contribution in [0.15, 0.2) is 55.1 Å². The lowest BCUT2D eigenvalue weighted by Crippen LogP contribution is -2.49. The first kappa shape index (κ1) is 29.3. The summed E-state index contributed by atoms with van der Waals surface area (Å²) in [6.45, 7) is 8.07. The minimum Gasteiger partial charge on any atom is -0.494 e. The first-order chi connectivity index (χ1) is 21.6. The van der Waals surface area contributed by atoms with Gasteiger partial charge in [-0.1, -0.05) is 6.07 Å². The average Bonchev–Trinajstić information content (AvgIpc) is 3.58. The second-order valence-corrected chi connectivity index (χ2v) is 10.9. The molecular formula is C31H36N10O3. The summed E-state index contributed by atoms with van der Waals surface area (Å²) < 4.78 is 17.3. The Balaban J connectivity index is 1.10. The number of nitriles is 1. The highest BCUT2D eigenvalue weighted by Crippen LogP contribution is 2.33. The summed E-state index contributed by atoms with van der Waals surface area (Å²) in [5.41, 5.74) is 3.99. The number of nitrogens with one attached hydrogen (secondary N) is 1. The number of piperidine rings is 1. The molecule has 13 nitrogen and oxygen atoms in total. The van der Waals surface area contributed by atoms with Crippen LogP contribution in [-0.4, -0.2) is 93.7 Å². The van der Waals surface area contributed by atoms with Crippen LogP contribution in [0.4, 0.5) is 17.3 Å². The zero-order chi connectivity index (χ0) is 30.3. The van der Waals surface area contributed by atoms with E-state index in [9.17, 15) is 5.26 Å². The van der Waals surface area contributed by atoms with E-state index in [4.69, 9.17) is 14.2 Å². The predicted octanol–water partition coefficient (Wildman–Crippen LogP) is 3.52. The Morgan fingerprint density at radius 2 is 1.82 bits per heavy atom. The van der Waals surface area contributed by atoms with Crippen LogP contribution in [0.2, 0.25) is 0 Å². The van der Waals surface area contributed by atoms with E-state index in [1.807, 2.05) is 25.1 Å². The molecule has 0 aliphatic carbocycles. The van der Waals surface area contributed by atoms with Gasteiger partial charge in [-0.25, -0.2) is 9.97 Å². The molecule has 0 spiro atoms. The molecule has 2 aliphatic heterocycles. The van der Waals surface area contributed by atoms with Crippen molar-refractivity contribution in [3.63, 3.8) is 0 Å². The normalized spacial score (nSPS) is 16.7. The Hall–Kier alpha value is -4.80. The van der Waals surface area contributed by atoms with Crippen molar-refractivity contribution in [1.29, 1.82) is 5.26 Å². The van der Waals surface area contributed by atoms with Crippen LogP contribution in [0.25, 0.3) is 11.1 Å². The predicted molar refractivity (Wildman–Crippen MR) is 164 cm³/mol. The largest absolute Gasteiger partial charge is 0.494 e. The van der Waals surface area contributed by atoms with Gasteiger partial charge in [-0.2, -0.15) is 10.1 Å². The summed E-state index contributed by atoms with van der Waals surface area (Å²) in [7, 11) is 1.67. The van der Waals surface area contributed by atoms with Gasteiger partial charge in [0.05, 0.1) is 38.1 Å². The number of nitrogens with zero attached hydrogens (tertiary/aromatic N) is 9. The number of benzene rings is 2. The summed E-state index contributed by atoms with van der Waals surface area (Å²) in [4.78, 5) is 15.5. The summed E-state index contributed by atoms with van der Waals surface area (Å²) in [5.74, 6) is 1.65. The summed E-state index contributed by atoms with van der Waals surface area (Å²) in [6.07, 6.45) is 6.86. The van der Waals surface area contributed by atoms with Gasteiger partial charge in [-0.3, -0.25) is 4.90 Å². The molecule has 2 aromatic heterocycles. The second kappa shape index (κ2) is 13.7. The van der Waals surface area contributed by atoms with E-state index in [0.29, 0.717) is 29.8 Å². The van der Waals surface area contributed by atoms with Crippen LogP contribution in [0.1, 0.15) is 25.3 Å². The number of hydrogen-bond donors (Lipinski definition) is 1. The highest BCUT2D eigenvalue weighted by molar-refractivity contribution is 5.70. The minimum atomic E-state index is -0.280. The summed E-state index contributed by atoms with van der Waals surface area (Å²) in [6, 6.07) is 14.4. The van der Waals surface area contributed by atoms with E-state index in [0.717, 1.165) is 80.5 Å². The fourth-order valence-electron chi connectivity index (χ4n) is 5.72. The van der Waals surface area contributed by atoms with E-state index in [-0.39, 0.29) is 6.10 Å². The Morgan fingerprint density at radius 1 is 1.02 bits per heavy atom. The molecule has 228 valence electrons. The molecule has 44 heavy (non-hydrogen) atoms. The van der Waals surface area contributed by atoms with Crippen molar-refractivity contribution in [1.82, 2.24) is 35.1 Å². The number of tetrazole rings is 1. The molecule has 2 aliphatic rings. The first-order valence-corrected chi connectivity index (χ1v) is 14.9. The highest BCUT2D eigenvalue weighted by atomic mass is 16.5. The zero-order valence-electron chi connectivity index (χ0n) is 25.0. The van der Waals surface area contributed by atoms with Gasteiger partial charge in [0.2, 0.25) is 5.95 Å². The third-order valence-corrected chi connectivity index (χ3v) is 8.05. The second-order valence-electron chi connectivity index (χ2n) is 10.9. The van der Waals surface area contributed by atoms with E-state index < -0.39 is 0 Å². The third kappa shape index (κ3) is 6.88. The van der Waals surface area contributed by atoms with E-state index >= 15 is 0 Å². The van der Waals surface area contributed by atoms with Gasteiger partial charge < -0.3 is 24.4 Å². The molecule has 4 heterocycles. The van der Waals surface area contributed by atoms with Crippen molar-refractivity contribution >= 4 is 17.3 Å². The van der Waals surface area contributed by atoms with Crippen molar-refractivity contribution in [3.05, 3.63) is 60.7 Å². The van der Waals surface area contributed by atoms with Gasteiger partial charge in [0, 0.05) is 61.9 Å². The molecule has 1 unspecified atom stereocenters. The number of rotatable bonds is 10. The molecule has 4 aromatic rings. The number of hydrogen-bond acceptors (Lipinski definition) is 12. The van der Waals surface area contributed by atoms with Gasteiger partial charge in [-0.05, 0) is 54.8 Å². The number of anilines is 3. The fraction of sp³-hybridized carbons (Fsp3) is 0.419. The monoisotopic (exact) mass is 596 g/mol.